The second-order valence-electron chi connectivity index (χ2n) is 6.51. The summed E-state index contributed by atoms with van der Waals surface area (Å²) in [6, 6.07) is 12.8. The van der Waals surface area contributed by atoms with E-state index >= 15 is 0 Å². The molecule has 30 heavy (non-hydrogen) atoms. The number of hydrogen-bond donors (Lipinski definition) is 0. The summed E-state index contributed by atoms with van der Waals surface area (Å²) in [4.78, 5) is 24.3. The molecule has 2 aromatic rings. The highest BCUT2D eigenvalue weighted by molar-refractivity contribution is 6.35. The summed E-state index contributed by atoms with van der Waals surface area (Å²) in [6.45, 7) is 3.94. The van der Waals surface area contributed by atoms with Crippen molar-refractivity contribution in [1.29, 1.82) is 0 Å². The molecule has 8 heteroatoms. The van der Waals surface area contributed by atoms with Crippen molar-refractivity contribution >= 4 is 41.3 Å². The van der Waals surface area contributed by atoms with Crippen LogP contribution in [0.1, 0.15) is 25.0 Å². The lowest BCUT2D eigenvalue weighted by atomic mass is 10.1. The number of hydrazone groups is 1. The number of hydrogen-bond acceptors (Lipinski definition) is 5. The van der Waals surface area contributed by atoms with E-state index in [0.717, 1.165) is 10.6 Å². The number of nitrogens with zero attached hydrogens (tertiary/aromatic N) is 2. The highest BCUT2D eigenvalue weighted by Crippen LogP contribution is 2.35. The second kappa shape index (κ2) is 11.6. The normalized spacial score (nSPS) is 11.9. The minimum atomic E-state index is -0.570. The van der Waals surface area contributed by atoms with E-state index in [-0.39, 0.29) is 25.5 Å². The smallest absolute Gasteiger partial charge is 0.314 e. The van der Waals surface area contributed by atoms with Gasteiger partial charge in [-0.15, -0.1) is 0 Å². The fraction of sp³-hybridized carbons (Fsp3) is 0.318. The van der Waals surface area contributed by atoms with Crippen LogP contribution < -0.4 is 4.74 Å². The van der Waals surface area contributed by atoms with E-state index in [9.17, 15) is 9.59 Å². The molecule has 2 rings (SSSR count). The third kappa shape index (κ3) is 6.75. The minimum Gasteiger partial charge on any atom is -0.487 e. The van der Waals surface area contributed by atoms with Gasteiger partial charge in [0.2, 0.25) is 5.91 Å². The number of ether oxygens (including phenoxy) is 2. The Bertz CT molecular complexity index is 904. The van der Waals surface area contributed by atoms with Crippen molar-refractivity contribution in [3.05, 3.63) is 63.6 Å². The fourth-order valence-corrected chi connectivity index (χ4v) is 2.94. The molecule has 1 atom stereocenters. The molecule has 0 N–H and O–H groups in total. The maximum atomic E-state index is 12.6. The third-order valence-electron chi connectivity index (χ3n) is 4.19. The number of halogens is 2. The lowest BCUT2D eigenvalue weighted by molar-refractivity contribution is -0.145. The molecule has 160 valence electrons. The Morgan fingerprint density at radius 2 is 1.80 bits per heavy atom. The molecule has 2 aromatic carbocycles. The Balaban J connectivity index is 2.11. The number of esters is 1. The Morgan fingerprint density at radius 1 is 1.13 bits per heavy atom. The molecule has 0 saturated carbocycles. The molecule has 0 aliphatic heterocycles. The Labute approximate surface area is 186 Å². The molecular weight excluding hydrogens is 427 g/mol. The first-order chi connectivity index (χ1) is 14.3. The lowest BCUT2D eigenvalue weighted by Crippen LogP contribution is -2.25. The summed E-state index contributed by atoms with van der Waals surface area (Å²) in [6.07, 6.45) is 1.30. The van der Waals surface area contributed by atoms with Crippen molar-refractivity contribution in [2.24, 2.45) is 11.0 Å². The molecule has 0 spiro atoms. The monoisotopic (exact) mass is 450 g/mol. The molecular formula is C22H24Cl2N2O4. The predicted octanol–water partition coefficient (Wildman–Crippen LogP) is 4.76. The van der Waals surface area contributed by atoms with Crippen molar-refractivity contribution in [1.82, 2.24) is 5.01 Å². The van der Waals surface area contributed by atoms with Crippen LogP contribution >= 0.6 is 23.2 Å². The zero-order chi connectivity index (χ0) is 22.1. The predicted molar refractivity (Wildman–Crippen MR) is 118 cm³/mol. The molecule has 0 aliphatic carbocycles. The van der Waals surface area contributed by atoms with E-state index in [1.165, 1.54) is 13.3 Å². The van der Waals surface area contributed by atoms with Crippen molar-refractivity contribution < 1.29 is 19.1 Å². The number of likely N-dealkylation sites (N-methyl/N-ethyl adjacent to an activating group) is 1. The summed E-state index contributed by atoms with van der Waals surface area (Å²) in [7, 11) is 1.50. The van der Waals surface area contributed by atoms with Gasteiger partial charge in [-0.2, -0.15) is 5.10 Å². The molecule has 0 aromatic heterocycles. The van der Waals surface area contributed by atoms with Crippen molar-refractivity contribution in [2.45, 2.75) is 26.9 Å². The first kappa shape index (κ1) is 23.7. The van der Waals surface area contributed by atoms with Gasteiger partial charge in [-0.1, -0.05) is 53.5 Å². The van der Waals surface area contributed by atoms with Crippen molar-refractivity contribution in [3.63, 3.8) is 0 Å². The summed E-state index contributed by atoms with van der Waals surface area (Å²) < 4.78 is 10.8. The molecule has 0 radical (unpaired) electrons. The van der Waals surface area contributed by atoms with Gasteiger partial charge in [-0.3, -0.25) is 9.59 Å². The number of amides is 1. The quantitative estimate of drug-likeness (QED) is 0.313. The molecule has 0 fully saturated rings. The molecule has 1 amide bonds. The summed E-state index contributed by atoms with van der Waals surface area (Å²) >= 11 is 12.6. The van der Waals surface area contributed by atoms with E-state index in [4.69, 9.17) is 32.7 Å². The van der Waals surface area contributed by atoms with Crippen LogP contribution in [0.15, 0.2) is 47.6 Å². The van der Waals surface area contributed by atoms with Crippen LogP contribution in [0.4, 0.5) is 0 Å². The number of carbonyl (C=O) groups excluding carboxylic acids is 2. The number of benzene rings is 2. The minimum absolute atomic E-state index is 0.0643. The van der Waals surface area contributed by atoms with Gasteiger partial charge in [0, 0.05) is 23.8 Å². The van der Waals surface area contributed by atoms with Gasteiger partial charge in [-0.25, -0.2) is 5.01 Å². The second-order valence-corrected chi connectivity index (χ2v) is 7.32. The first-order valence-corrected chi connectivity index (χ1v) is 10.2. The lowest BCUT2D eigenvalue weighted by Gasteiger charge is -2.17. The van der Waals surface area contributed by atoms with Crippen LogP contribution in [0.5, 0.6) is 5.75 Å². The van der Waals surface area contributed by atoms with Gasteiger partial charge in [-0.05, 0) is 31.5 Å². The molecule has 0 heterocycles. The van der Waals surface area contributed by atoms with Gasteiger partial charge in [0.15, 0.2) is 0 Å². The summed E-state index contributed by atoms with van der Waals surface area (Å²) in [5.74, 6) is -0.953. The Hall–Kier alpha value is -2.57. The van der Waals surface area contributed by atoms with Crippen molar-refractivity contribution in [3.8, 4) is 5.75 Å². The van der Waals surface area contributed by atoms with E-state index < -0.39 is 11.9 Å². The first-order valence-electron chi connectivity index (χ1n) is 9.44. The maximum Gasteiger partial charge on any atom is 0.314 e. The topological polar surface area (TPSA) is 68.2 Å². The van der Waals surface area contributed by atoms with Gasteiger partial charge in [0.1, 0.15) is 12.4 Å². The van der Waals surface area contributed by atoms with Crippen LogP contribution in [0, 0.1) is 5.92 Å². The maximum absolute atomic E-state index is 12.6. The van der Waals surface area contributed by atoms with E-state index in [1.807, 2.05) is 30.3 Å². The Morgan fingerprint density at radius 3 is 2.47 bits per heavy atom. The highest BCUT2D eigenvalue weighted by Gasteiger charge is 2.19. The molecule has 0 saturated heterocycles. The van der Waals surface area contributed by atoms with Crippen molar-refractivity contribution in [2.75, 3.05) is 13.7 Å². The fourth-order valence-electron chi connectivity index (χ4n) is 2.49. The van der Waals surface area contributed by atoms with Crippen LogP contribution in [0.25, 0.3) is 0 Å². The third-order valence-corrected chi connectivity index (χ3v) is 4.84. The van der Waals surface area contributed by atoms with Crippen LogP contribution in [-0.4, -0.2) is 36.8 Å². The number of carbonyl (C=O) groups is 2. The van der Waals surface area contributed by atoms with Gasteiger partial charge in [0.05, 0.1) is 24.0 Å². The molecule has 0 aliphatic rings. The van der Waals surface area contributed by atoms with E-state index in [0.29, 0.717) is 21.4 Å². The molecule has 1 unspecified atom stereocenters. The highest BCUT2D eigenvalue weighted by atomic mass is 35.5. The zero-order valence-electron chi connectivity index (χ0n) is 17.1. The molecule has 0 bridgehead atoms. The summed E-state index contributed by atoms with van der Waals surface area (Å²) in [5, 5.41) is 5.92. The zero-order valence-corrected chi connectivity index (χ0v) is 18.6. The average molecular weight is 451 g/mol. The standard InChI is InChI=1S/C22H24Cl2N2O4/c1-4-29-22(28)15(2)13-25-26(3)20(27)12-17-18(23)10-11-19(24)21(17)30-14-16-8-6-5-7-9-16/h5-11,13,15H,4,12,14H2,1-3H3. The SMILES string of the molecule is CCOC(=O)C(C)C=NN(C)C(=O)Cc1c(Cl)ccc(Cl)c1OCc1ccccc1. The van der Waals surface area contributed by atoms with E-state index in [2.05, 4.69) is 5.10 Å². The van der Waals surface area contributed by atoms with Gasteiger partial charge < -0.3 is 9.47 Å². The van der Waals surface area contributed by atoms with Crippen LogP contribution in [0.2, 0.25) is 10.0 Å². The average Bonchev–Trinajstić information content (AvgIpc) is 2.74. The van der Waals surface area contributed by atoms with Gasteiger partial charge in [0.25, 0.3) is 0 Å². The number of rotatable bonds is 9. The molecule has 6 nitrogen and oxygen atoms in total. The van der Waals surface area contributed by atoms with E-state index in [1.54, 1.807) is 26.0 Å². The largest absolute Gasteiger partial charge is 0.487 e. The summed E-state index contributed by atoms with van der Waals surface area (Å²) in [5.41, 5.74) is 1.44. The van der Waals surface area contributed by atoms with Crippen LogP contribution in [0.3, 0.4) is 0 Å². The van der Waals surface area contributed by atoms with Crippen LogP contribution in [-0.2, 0) is 27.4 Å². The Kier molecular flexibility index (Phi) is 9.15. The van der Waals surface area contributed by atoms with Gasteiger partial charge >= 0.3 is 5.97 Å².